The minimum atomic E-state index is -0.447. The first-order valence-corrected chi connectivity index (χ1v) is 12.0. The van der Waals surface area contributed by atoms with Crippen molar-refractivity contribution in [3.63, 3.8) is 0 Å². The number of carbonyl (C=O) groups is 1. The molecular weight excluding hydrogens is 390 g/mol. The number of carbonyl (C=O) groups excluding carboxylic acids is 1. The van der Waals surface area contributed by atoms with Gasteiger partial charge in [-0.25, -0.2) is 4.79 Å². The lowest BCUT2D eigenvalue weighted by atomic mass is 10.1. The Balaban J connectivity index is 1.30. The molecule has 1 saturated carbocycles. The van der Waals surface area contributed by atoms with E-state index in [-0.39, 0.29) is 6.09 Å². The first-order chi connectivity index (χ1) is 14.8. The van der Waals surface area contributed by atoms with Gasteiger partial charge in [-0.1, -0.05) is 12.1 Å². The molecule has 1 aromatic carbocycles. The minimum absolute atomic E-state index is 0.205. The second kappa shape index (κ2) is 9.37. The van der Waals surface area contributed by atoms with Gasteiger partial charge >= 0.3 is 6.09 Å². The number of ether oxygens (including phenoxy) is 2. The molecule has 0 radical (unpaired) electrons. The van der Waals surface area contributed by atoms with Crippen molar-refractivity contribution in [2.45, 2.75) is 77.7 Å². The Labute approximate surface area is 187 Å². The van der Waals surface area contributed by atoms with Gasteiger partial charge in [0.1, 0.15) is 17.5 Å². The summed E-state index contributed by atoms with van der Waals surface area (Å²) in [6, 6.07) is 7.44. The number of piperidine rings is 1. The summed E-state index contributed by atoms with van der Waals surface area (Å²) in [5, 5.41) is 0. The van der Waals surface area contributed by atoms with Gasteiger partial charge in [-0.15, -0.1) is 0 Å². The van der Waals surface area contributed by atoms with Crippen molar-refractivity contribution in [2.75, 3.05) is 39.3 Å². The van der Waals surface area contributed by atoms with Crippen LogP contribution in [0.2, 0.25) is 0 Å². The fourth-order valence-corrected chi connectivity index (χ4v) is 4.54. The normalized spacial score (nSPS) is 21.9. The zero-order chi connectivity index (χ0) is 22.0. The van der Waals surface area contributed by atoms with Crippen molar-refractivity contribution < 1.29 is 14.3 Å². The summed E-state index contributed by atoms with van der Waals surface area (Å²) < 4.78 is 12.1. The van der Waals surface area contributed by atoms with Crippen LogP contribution in [0, 0.1) is 6.92 Å². The second-order valence-corrected chi connectivity index (χ2v) is 10.4. The molecule has 0 atom stereocenters. The molecule has 31 heavy (non-hydrogen) atoms. The SMILES string of the molecule is Cc1ccc(CN2CCN(C(=O)OC(C)(C)C)CC2)c(OC2CCN(C3CC3)CC2)c1. The molecule has 3 aliphatic rings. The maximum atomic E-state index is 12.3. The topological polar surface area (TPSA) is 45.3 Å². The maximum absolute atomic E-state index is 12.3. The van der Waals surface area contributed by atoms with E-state index in [1.165, 1.54) is 37.1 Å². The Morgan fingerprint density at radius 2 is 1.68 bits per heavy atom. The van der Waals surface area contributed by atoms with Crippen molar-refractivity contribution in [1.82, 2.24) is 14.7 Å². The summed E-state index contributed by atoms with van der Waals surface area (Å²) in [5.41, 5.74) is 2.04. The average molecular weight is 430 g/mol. The zero-order valence-electron chi connectivity index (χ0n) is 19.7. The minimum Gasteiger partial charge on any atom is -0.490 e. The summed E-state index contributed by atoms with van der Waals surface area (Å²) in [7, 11) is 0. The van der Waals surface area contributed by atoms with Crippen LogP contribution in [-0.2, 0) is 11.3 Å². The van der Waals surface area contributed by atoms with Gasteiger partial charge in [0.05, 0.1) is 0 Å². The number of amides is 1. The number of nitrogens with zero attached hydrogens (tertiary/aromatic N) is 3. The van der Waals surface area contributed by atoms with E-state index >= 15 is 0 Å². The van der Waals surface area contributed by atoms with Gasteiger partial charge in [0.2, 0.25) is 0 Å². The Kier molecular flexibility index (Phi) is 6.77. The summed E-state index contributed by atoms with van der Waals surface area (Å²) in [6.07, 6.45) is 5.13. The molecule has 172 valence electrons. The molecule has 2 heterocycles. The zero-order valence-corrected chi connectivity index (χ0v) is 19.7. The highest BCUT2D eigenvalue weighted by Gasteiger charge is 2.32. The van der Waals surface area contributed by atoms with Gasteiger partial charge in [0, 0.05) is 57.4 Å². The Hall–Kier alpha value is -1.79. The lowest BCUT2D eigenvalue weighted by Crippen LogP contribution is -2.49. The molecule has 0 aromatic heterocycles. The molecule has 4 rings (SSSR count). The molecule has 0 N–H and O–H groups in total. The first kappa shape index (κ1) is 22.4. The molecule has 0 bridgehead atoms. The molecule has 2 saturated heterocycles. The van der Waals surface area contributed by atoms with E-state index in [4.69, 9.17) is 9.47 Å². The Morgan fingerprint density at radius 1 is 1.00 bits per heavy atom. The molecule has 1 aliphatic carbocycles. The van der Waals surface area contributed by atoms with Crippen LogP contribution in [0.1, 0.15) is 57.6 Å². The van der Waals surface area contributed by atoms with Crippen molar-refractivity contribution >= 4 is 6.09 Å². The molecule has 1 aromatic rings. The van der Waals surface area contributed by atoms with Gasteiger partial charge in [0.25, 0.3) is 0 Å². The van der Waals surface area contributed by atoms with Crippen LogP contribution in [0.25, 0.3) is 0 Å². The predicted molar refractivity (Wildman–Crippen MR) is 123 cm³/mol. The van der Waals surface area contributed by atoms with Crippen molar-refractivity contribution in [3.05, 3.63) is 29.3 Å². The van der Waals surface area contributed by atoms with E-state index in [9.17, 15) is 4.79 Å². The number of benzene rings is 1. The molecule has 1 amide bonds. The number of likely N-dealkylation sites (tertiary alicyclic amines) is 1. The van der Waals surface area contributed by atoms with Crippen molar-refractivity contribution in [2.24, 2.45) is 0 Å². The third kappa shape index (κ3) is 6.36. The highest BCUT2D eigenvalue weighted by molar-refractivity contribution is 5.68. The second-order valence-electron chi connectivity index (χ2n) is 10.4. The molecule has 6 heteroatoms. The number of aryl methyl sites for hydroxylation is 1. The van der Waals surface area contributed by atoms with Gasteiger partial charge in [-0.2, -0.15) is 0 Å². The third-order valence-corrected chi connectivity index (χ3v) is 6.47. The molecule has 0 unspecified atom stereocenters. The lowest BCUT2D eigenvalue weighted by Gasteiger charge is -2.36. The quantitative estimate of drug-likeness (QED) is 0.707. The molecule has 0 spiro atoms. The molecule has 3 fully saturated rings. The first-order valence-electron chi connectivity index (χ1n) is 12.0. The average Bonchev–Trinajstić information content (AvgIpc) is 3.55. The number of hydrogen-bond acceptors (Lipinski definition) is 5. The molecular formula is C25H39N3O3. The highest BCUT2D eigenvalue weighted by atomic mass is 16.6. The van der Waals surface area contributed by atoms with Crippen LogP contribution >= 0.6 is 0 Å². The van der Waals surface area contributed by atoms with Crippen LogP contribution in [0.15, 0.2) is 18.2 Å². The fourth-order valence-electron chi connectivity index (χ4n) is 4.54. The standard InChI is InChI=1S/C25H39N3O3/c1-19-5-6-20(18-26-13-15-28(16-14-26)24(29)31-25(2,3)4)23(17-19)30-22-9-11-27(12-10-22)21-7-8-21/h5-6,17,21-22H,7-16,18H2,1-4H3. The van der Waals surface area contributed by atoms with Gasteiger partial charge in [0.15, 0.2) is 0 Å². The van der Waals surface area contributed by atoms with Crippen LogP contribution in [0.3, 0.4) is 0 Å². The number of rotatable bonds is 5. The van der Waals surface area contributed by atoms with Gasteiger partial charge in [-0.3, -0.25) is 4.90 Å². The van der Waals surface area contributed by atoms with Crippen LogP contribution in [0.5, 0.6) is 5.75 Å². The largest absolute Gasteiger partial charge is 0.490 e. The molecule has 2 aliphatic heterocycles. The van der Waals surface area contributed by atoms with Gasteiger partial charge in [-0.05, 0) is 65.0 Å². The van der Waals surface area contributed by atoms with Crippen LogP contribution in [0.4, 0.5) is 4.79 Å². The summed E-state index contributed by atoms with van der Waals surface area (Å²) in [4.78, 5) is 19.2. The van der Waals surface area contributed by atoms with E-state index in [0.717, 1.165) is 44.3 Å². The van der Waals surface area contributed by atoms with Crippen LogP contribution in [-0.4, -0.2) is 77.8 Å². The van der Waals surface area contributed by atoms with Crippen molar-refractivity contribution in [3.8, 4) is 5.75 Å². The summed E-state index contributed by atoms with van der Waals surface area (Å²) >= 11 is 0. The van der Waals surface area contributed by atoms with E-state index in [0.29, 0.717) is 19.2 Å². The van der Waals surface area contributed by atoms with Crippen LogP contribution < -0.4 is 4.74 Å². The maximum Gasteiger partial charge on any atom is 0.410 e. The fraction of sp³-hybridized carbons (Fsp3) is 0.720. The van der Waals surface area contributed by atoms with E-state index in [2.05, 4.69) is 34.9 Å². The molecule has 6 nitrogen and oxygen atoms in total. The van der Waals surface area contributed by atoms with Crippen molar-refractivity contribution in [1.29, 1.82) is 0 Å². The van der Waals surface area contributed by atoms with Gasteiger partial charge < -0.3 is 19.3 Å². The number of piperazine rings is 1. The van der Waals surface area contributed by atoms with E-state index < -0.39 is 5.60 Å². The van der Waals surface area contributed by atoms with E-state index in [1.807, 2.05) is 25.7 Å². The Morgan fingerprint density at radius 3 is 2.29 bits per heavy atom. The Bertz CT molecular complexity index is 756. The van der Waals surface area contributed by atoms with E-state index in [1.54, 1.807) is 0 Å². The number of hydrogen-bond donors (Lipinski definition) is 0. The highest BCUT2D eigenvalue weighted by Crippen LogP contribution is 2.31. The predicted octanol–water partition coefficient (Wildman–Crippen LogP) is 4.05. The lowest BCUT2D eigenvalue weighted by molar-refractivity contribution is 0.0137. The third-order valence-electron chi connectivity index (χ3n) is 6.47. The summed E-state index contributed by atoms with van der Waals surface area (Å²) in [5.74, 6) is 1.04. The monoisotopic (exact) mass is 429 g/mol. The summed E-state index contributed by atoms with van der Waals surface area (Å²) in [6.45, 7) is 14.2. The smallest absolute Gasteiger partial charge is 0.410 e.